The first-order valence-electron chi connectivity index (χ1n) is 5.12. The summed E-state index contributed by atoms with van der Waals surface area (Å²) >= 11 is 3.42. The second kappa shape index (κ2) is 4.29. The zero-order chi connectivity index (χ0) is 11.7. The van der Waals surface area contributed by atoms with E-state index in [0.29, 0.717) is 12.4 Å². The summed E-state index contributed by atoms with van der Waals surface area (Å²) in [6.45, 7) is 4.73. The molecule has 0 unspecified atom stereocenters. The predicted octanol–water partition coefficient (Wildman–Crippen LogP) is 2.89. The third-order valence-electron chi connectivity index (χ3n) is 2.51. The number of benzene rings is 1. The second-order valence-corrected chi connectivity index (χ2v) is 4.72. The van der Waals surface area contributed by atoms with Gasteiger partial charge in [0.05, 0.1) is 16.7 Å². The highest BCUT2D eigenvalue weighted by Crippen LogP contribution is 2.23. The number of hydrogen-bond donors (Lipinski definition) is 1. The Bertz CT molecular complexity index is 517. The van der Waals surface area contributed by atoms with Crippen molar-refractivity contribution in [1.82, 2.24) is 9.78 Å². The molecule has 0 aliphatic rings. The zero-order valence-electron chi connectivity index (χ0n) is 9.37. The van der Waals surface area contributed by atoms with Crippen LogP contribution in [-0.2, 0) is 6.54 Å². The Morgan fingerprint density at radius 1 is 1.38 bits per heavy atom. The molecular formula is C12H14BrN3. The molecule has 0 aliphatic heterocycles. The van der Waals surface area contributed by atoms with Crippen LogP contribution in [0.25, 0.3) is 0 Å². The molecule has 0 atom stereocenters. The van der Waals surface area contributed by atoms with Crippen LogP contribution in [0.3, 0.4) is 0 Å². The van der Waals surface area contributed by atoms with Crippen LogP contribution in [0.5, 0.6) is 0 Å². The quantitative estimate of drug-likeness (QED) is 0.919. The van der Waals surface area contributed by atoms with Gasteiger partial charge in [0.2, 0.25) is 0 Å². The minimum Gasteiger partial charge on any atom is -0.383 e. The number of halogens is 1. The standard InChI is InChI=1S/C12H14BrN3/c1-8-4-3-5-10(6-8)7-16-12(14)11(13)9(2)15-16/h3-6H,7,14H2,1-2H3. The summed E-state index contributed by atoms with van der Waals surface area (Å²) in [4.78, 5) is 0. The number of rotatable bonds is 2. The number of aryl methyl sites for hydroxylation is 2. The van der Waals surface area contributed by atoms with Crippen molar-refractivity contribution in [2.45, 2.75) is 20.4 Å². The van der Waals surface area contributed by atoms with Crippen LogP contribution in [0.2, 0.25) is 0 Å². The molecule has 0 spiro atoms. The Morgan fingerprint density at radius 3 is 2.69 bits per heavy atom. The number of aromatic nitrogens is 2. The Kier molecular flexibility index (Phi) is 3.01. The molecule has 0 radical (unpaired) electrons. The van der Waals surface area contributed by atoms with Crippen molar-refractivity contribution in [3.05, 3.63) is 45.6 Å². The Hall–Kier alpha value is -1.29. The van der Waals surface area contributed by atoms with E-state index in [2.05, 4.69) is 46.2 Å². The summed E-state index contributed by atoms with van der Waals surface area (Å²) in [6.07, 6.45) is 0. The Balaban J connectivity index is 2.30. The van der Waals surface area contributed by atoms with Gasteiger partial charge in [0, 0.05) is 0 Å². The van der Waals surface area contributed by atoms with Crippen LogP contribution in [0.15, 0.2) is 28.7 Å². The summed E-state index contributed by atoms with van der Waals surface area (Å²) in [7, 11) is 0. The van der Waals surface area contributed by atoms with Crippen molar-refractivity contribution in [2.75, 3.05) is 5.73 Å². The van der Waals surface area contributed by atoms with E-state index in [1.165, 1.54) is 11.1 Å². The van der Waals surface area contributed by atoms with Gasteiger partial charge in [0.1, 0.15) is 5.82 Å². The number of nitrogens with zero attached hydrogens (tertiary/aromatic N) is 2. The second-order valence-electron chi connectivity index (χ2n) is 3.93. The number of nitrogen functional groups attached to an aromatic ring is 1. The average Bonchev–Trinajstić information content (AvgIpc) is 2.47. The first-order valence-corrected chi connectivity index (χ1v) is 5.91. The van der Waals surface area contributed by atoms with E-state index in [9.17, 15) is 0 Å². The maximum Gasteiger partial charge on any atom is 0.136 e. The van der Waals surface area contributed by atoms with E-state index in [0.717, 1.165) is 10.2 Å². The third kappa shape index (κ3) is 2.11. The molecule has 0 bridgehead atoms. The lowest BCUT2D eigenvalue weighted by Crippen LogP contribution is -2.06. The van der Waals surface area contributed by atoms with Crippen molar-refractivity contribution in [2.24, 2.45) is 0 Å². The summed E-state index contributed by atoms with van der Waals surface area (Å²) in [5.41, 5.74) is 9.32. The third-order valence-corrected chi connectivity index (χ3v) is 3.49. The summed E-state index contributed by atoms with van der Waals surface area (Å²) in [6, 6.07) is 8.35. The fourth-order valence-corrected chi connectivity index (χ4v) is 1.97. The molecule has 2 N–H and O–H groups in total. The molecule has 2 rings (SSSR count). The molecule has 2 aromatic rings. The lowest BCUT2D eigenvalue weighted by atomic mass is 10.1. The van der Waals surface area contributed by atoms with Crippen LogP contribution in [0.1, 0.15) is 16.8 Å². The fourth-order valence-electron chi connectivity index (χ4n) is 1.68. The molecule has 84 valence electrons. The molecule has 0 saturated heterocycles. The van der Waals surface area contributed by atoms with Gasteiger partial charge in [-0.15, -0.1) is 0 Å². The minimum absolute atomic E-state index is 0.680. The van der Waals surface area contributed by atoms with Gasteiger partial charge in [-0.3, -0.25) is 0 Å². The first-order chi connectivity index (χ1) is 7.58. The van der Waals surface area contributed by atoms with Gasteiger partial charge in [-0.25, -0.2) is 4.68 Å². The van der Waals surface area contributed by atoms with Gasteiger partial charge in [0.15, 0.2) is 0 Å². The minimum atomic E-state index is 0.680. The van der Waals surface area contributed by atoms with Crippen molar-refractivity contribution < 1.29 is 0 Å². The van der Waals surface area contributed by atoms with E-state index in [4.69, 9.17) is 5.73 Å². The lowest BCUT2D eigenvalue weighted by Gasteiger charge is -2.05. The van der Waals surface area contributed by atoms with Crippen LogP contribution in [0.4, 0.5) is 5.82 Å². The zero-order valence-corrected chi connectivity index (χ0v) is 11.0. The number of nitrogens with two attached hydrogens (primary N) is 1. The highest BCUT2D eigenvalue weighted by molar-refractivity contribution is 9.10. The van der Waals surface area contributed by atoms with E-state index in [-0.39, 0.29) is 0 Å². The first kappa shape index (κ1) is 11.2. The largest absolute Gasteiger partial charge is 0.383 e. The van der Waals surface area contributed by atoms with Gasteiger partial charge in [-0.05, 0) is 35.3 Å². The number of hydrogen-bond acceptors (Lipinski definition) is 2. The molecule has 0 saturated carbocycles. The summed E-state index contributed by atoms with van der Waals surface area (Å²) in [5, 5.41) is 4.38. The normalized spacial score (nSPS) is 10.7. The van der Waals surface area contributed by atoms with Crippen LogP contribution in [0, 0.1) is 13.8 Å². The van der Waals surface area contributed by atoms with Crippen LogP contribution in [-0.4, -0.2) is 9.78 Å². The molecular weight excluding hydrogens is 266 g/mol. The molecule has 1 aromatic heterocycles. The topological polar surface area (TPSA) is 43.8 Å². The van der Waals surface area contributed by atoms with Crippen molar-refractivity contribution in [1.29, 1.82) is 0 Å². The highest BCUT2D eigenvalue weighted by atomic mass is 79.9. The number of anilines is 1. The molecule has 0 aliphatic carbocycles. The molecule has 0 amide bonds. The Labute approximate surface area is 103 Å². The van der Waals surface area contributed by atoms with Gasteiger partial charge < -0.3 is 5.73 Å². The molecule has 3 nitrogen and oxygen atoms in total. The van der Waals surface area contributed by atoms with Crippen molar-refractivity contribution >= 4 is 21.7 Å². The van der Waals surface area contributed by atoms with E-state index in [1.807, 2.05) is 17.7 Å². The molecule has 0 fully saturated rings. The molecule has 16 heavy (non-hydrogen) atoms. The predicted molar refractivity (Wildman–Crippen MR) is 69.4 cm³/mol. The average molecular weight is 280 g/mol. The SMILES string of the molecule is Cc1cccc(Cn2nc(C)c(Br)c2N)c1. The molecule has 4 heteroatoms. The van der Waals surface area contributed by atoms with Crippen LogP contribution >= 0.6 is 15.9 Å². The van der Waals surface area contributed by atoms with Gasteiger partial charge in [-0.2, -0.15) is 5.10 Å². The fraction of sp³-hybridized carbons (Fsp3) is 0.250. The highest BCUT2D eigenvalue weighted by Gasteiger charge is 2.09. The van der Waals surface area contributed by atoms with Gasteiger partial charge in [0.25, 0.3) is 0 Å². The smallest absolute Gasteiger partial charge is 0.136 e. The van der Waals surface area contributed by atoms with Gasteiger partial charge in [-0.1, -0.05) is 29.8 Å². The molecule has 1 aromatic carbocycles. The van der Waals surface area contributed by atoms with Crippen molar-refractivity contribution in [3.63, 3.8) is 0 Å². The lowest BCUT2D eigenvalue weighted by molar-refractivity contribution is 0.689. The van der Waals surface area contributed by atoms with Gasteiger partial charge >= 0.3 is 0 Å². The Morgan fingerprint density at radius 2 is 2.12 bits per heavy atom. The maximum atomic E-state index is 5.94. The molecule has 1 heterocycles. The summed E-state index contributed by atoms with van der Waals surface area (Å²) < 4.78 is 2.70. The monoisotopic (exact) mass is 279 g/mol. The van der Waals surface area contributed by atoms with E-state index < -0.39 is 0 Å². The van der Waals surface area contributed by atoms with E-state index >= 15 is 0 Å². The van der Waals surface area contributed by atoms with E-state index in [1.54, 1.807) is 0 Å². The maximum absolute atomic E-state index is 5.94. The van der Waals surface area contributed by atoms with Crippen LogP contribution < -0.4 is 5.73 Å². The summed E-state index contributed by atoms with van der Waals surface area (Å²) in [5.74, 6) is 0.680. The van der Waals surface area contributed by atoms with Crippen molar-refractivity contribution in [3.8, 4) is 0 Å².